The molecule has 4 atom stereocenters. The molecule has 0 aromatic heterocycles. The lowest BCUT2D eigenvalue weighted by molar-refractivity contribution is 0.256. The van der Waals surface area contributed by atoms with Gasteiger partial charge in [0.2, 0.25) is 0 Å². The van der Waals surface area contributed by atoms with Crippen molar-refractivity contribution in [3.8, 4) is 11.1 Å². The van der Waals surface area contributed by atoms with Crippen LogP contribution in [-0.4, -0.2) is 0 Å². The first-order valence-electron chi connectivity index (χ1n) is 15.2. The van der Waals surface area contributed by atoms with Crippen molar-refractivity contribution < 1.29 is 0 Å². The Kier molecular flexibility index (Phi) is 6.03. The smallest absolute Gasteiger partial charge is 0.00454 e. The fourth-order valence-electron chi connectivity index (χ4n) is 9.18. The molecule has 3 saturated carbocycles. The molecule has 38 heavy (non-hydrogen) atoms. The molecule has 6 rings (SSSR count). The highest BCUT2D eigenvalue weighted by Gasteiger charge is 2.65. The van der Waals surface area contributed by atoms with Gasteiger partial charge in [-0.1, -0.05) is 113 Å². The van der Waals surface area contributed by atoms with Crippen molar-refractivity contribution in [1.29, 1.82) is 0 Å². The number of allylic oxidation sites excluding steroid dienone is 3. The van der Waals surface area contributed by atoms with Crippen LogP contribution in [-0.2, 0) is 12.8 Å². The van der Waals surface area contributed by atoms with Crippen LogP contribution in [0.2, 0.25) is 0 Å². The summed E-state index contributed by atoms with van der Waals surface area (Å²) < 4.78 is 0. The Morgan fingerprint density at radius 2 is 1.63 bits per heavy atom. The fourth-order valence-corrected chi connectivity index (χ4v) is 9.18. The van der Waals surface area contributed by atoms with Gasteiger partial charge in [-0.3, -0.25) is 0 Å². The Bertz CT molecular complexity index is 1330. The second-order valence-corrected chi connectivity index (χ2v) is 14.7. The molecule has 0 nitrogen and oxygen atoms in total. The molecule has 200 valence electrons. The van der Waals surface area contributed by atoms with Crippen molar-refractivity contribution >= 4 is 6.08 Å². The zero-order valence-electron chi connectivity index (χ0n) is 25.0. The third-order valence-electron chi connectivity index (χ3n) is 11.4. The lowest BCUT2D eigenvalue weighted by Gasteiger charge is -2.29. The molecule has 4 aliphatic carbocycles. The Morgan fingerprint density at radius 3 is 2.29 bits per heavy atom. The largest absolute Gasteiger partial charge is 0.0989 e. The van der Waals surface area contributed by atoms with Crippen molar-refractivity contribution in [3.63, 3.8) is 0 Å². The van der Waals surface area contributed by atoms with Crippen LogP contribution in [0.5, 0.6) is 0 Å². The highest BCUT2D eigenvalue weighted by Crippen LogP contribution is 2.72. The van der Waals surface area contributed by atoms with Gasteiger partial charge in [0, 0.05) is 5.92 Å². The van der Waals surface area contributed by atoms with E-state index in [1.807, 2.05) is 0 Å². The van der Waals surface area contributed by atoms with E-state index in [1.54, 1.807) is 11.1 Å². The van der Waals surface area contributed by atoms with Gasteiger partial charge in [-0.05, 0) is 114 Å². The summed E-state index contributed by atoms with van der Waals surface area (Å²) in [5, 5.41) is 0. The molecule has 0 spiro atoms. The summed E-state index contributed by atoms with van der Waals surface area (Å²) >= 11 is 0. The topological polar surface area (TPSA) is 0 Å². The molecule has 2 aromatic carbocycles. The van der Waals surface area contributed by atoms with Crippen LogP contribution in [0, 0.1) is 54.3 Å². The maximum absolute atomic E-state index is 4.58. The Morgan fingerprint density at radius 1 is 0.921 bits per heavy atom. The minimum absolute atomic E-state index is 0.384. The van der Waals surface area contributed by atoms with E-state index < -0.39 is 0 Å². The third kappa shape index (κ3) is 4.01. The van der Waals surface area contributed by atoms with Gasteiger partial charge in [-0.25, -0.2) is 0 Å². The number of hydrogen-bond acceptors (Lipinski definition) is 0. The van der Waals surface area contributed by atoms with Crippen LogP contribution in [0.25, 0.3) is 17.2 Å². The lowest BCUT2D eigenvalue weighted by atomic mass is 9.76. The second kappa shape index (κ2) is 8.84. The van der Waals surface area contributed by atoms with Crippen LogP contribution in [0.1, 0.15) is 88.1 Å². The first-order valence-corrected chi connectivity index (χ1v) is 15.2. The maximum Gasteiger partial charge on any atom is 0.00454 e. The van der Waals surface area contributed by atoms with E-state index >= 15 is 0 Å². The molecule has 0 heteroatoms. The summed E-state index contributed by atoms with van der Waals surface area (Å²) in [6, 6.07) is 11.9. The molecule has 0 N–H and O–H groups in total. The van der Waals surface area contributed by atoms with Crippen LogP contribution in [0.3, 0.4) is 0 Å². The summed E-state index contributed by atoms with van der Waals surface area (Å²) in [6.45, 7) is 26.0. The molecule has 3 fully saturated rings. The molecule has 0 saturated heterocycles. The van der Waals surface area contributed by atoms with Gasteiger partial charge < -0.3 is 0 Å². The van der Waals surface area contributed by atoms with Crippen LogP contribution in [0.4, 0.5) is 0 Å². The number of hydrogen-bond donors (Lipinski definition) is 0. The normalized spacial score (nSPS) is 30.4. The van der Waals surface area contributed by atoms with E-state index in [1.165, 1.54) is 70.2 Å². The first kappa shape index (κ1) is 25.9. The molecule has 4 unspecified atom stereocenters. The van der Waals surface area contributed by atoms with Crippen molar-refractivity contribution in [2.45, 2.75) is 87.0 Å². The summed E-state index contributed by atoms with van der Waals surface area (Å²) in [7, 11) is 0. The van der Waals surface area contributed by atoms with E-state index in [4.69, 9.17) is 0 Å². The van der Waals surface area contributed by atoms with Gasteiger partial charge in [0.1, 0.15) is 0 Å². The minimum atomic E-state index is 0.384. The monoisotopic (exact) mass is 504 g/mol. The first-order chi connectivity index (χ1) is 17.9. The summed E-state index contributed by atoms with van der Waals surface area (Å²) in [5.74, 6) is 3.42. The van der Waals surface area contributed by atoms with E-state index in [9.17, 15) is 0 Å². The van der Waals surface area contributed by atoms with Gasteiger partial charge in [0.25, 0.3) is 0 Å². The fraction of sp³-hybridized carbons (Fsp3) is 0.526. The zero-order chi connectivity index (χ0) is 27.1. The standard InChI is InChI=1S/C38H48/c1-10-26-17-29(37(6,7)21-26)20-31-23(3)14-22(2)15-34(31)30-13-11-12-28-16-27(19-33(28)30)18-32-24(4)35-36(25(32)5)38(35,8)9/h11-16,26,29,32,35-36H,4-5,10,17-21H2,1-3,6-9H3. The van der Waals surface area contributed by atoms with Gasteiger partial charge in [-0.2, -0.15) is 0 Å². The summed E-state index contributed by atoms with van der Waals surface area (Å²) in [4.78, 5) is 0. The Labute approximate surface area is 232 Å². The highest BCUT2D eigenvalue weighted by atomic mass is 14.7. The van der Waals surface area contributed by atoms with Gasteiger partial charge in [0.15, 0.2) is 0 Å². The van der Waals surface area contributed by atoms with Crippen LogP contribution < -0.4 is 0 Å². The van der Waals surface area contributed by atoms with Crippen LogP contribution in [0.15, 0.2) is 60.2 Å². The molecule has 0 heterocycles. The van der Waals surface area contributed by atoms with Gasteiger partial charge in [0.05, 0.1) is 0 Å². The molecule has 0 amide bonds. The molecule has 4 aliphatic rings. The van der Waals surface area contributed by atoms with E-state index in [-0.39, 0.29) is 0 Å². The Hall–Kier alpha value is -2.34. The lowest BCUT2D eigenvalue weighted by Crippen LogP contribution is -2.20. The van der Waals surface area contributed by atoms with Crippen LogP contribution >= 0.6 is 0 Å². The molecular formula is C38H48. The third-order valence-corrected chi connectivity index (χ3v) is 11.4. The predicted octanol–water partition coefficient (Wildman–Crippen LogP) is 10.3. The van der Waals surface area contributed by atoms with Gasteiger partial charge in [-0.15, -0.1) is 0 Å². The average Bonchev–Trinajstić information content (AvgIpc) is 3.12. The molecule has 0 radical (unpaired) electrons. The molecule has 0 aliphatic heterocycles. The van der Waals surface area contributed by atoms with E-state index in [0.717, 1.165) is 24.7 Å². The van der Waals surface area contributed by atoms with Crippen molar-refractivity contribution in [2.75, 3.05) is 0 Å². The molecular weight excluding hydrogens is 456 g/mol. The molecule has 0 bridgehead atoms. The maximum atomic E-state index is 4.58. The van der Waals surface area contributed by atoms with Crippen molar-refractivity contribution in [2.24, 2.45) is 40.4 Å². The second-order valence-electron chi connectivity index (χ2n) is 14.7. The van der Waals surface area contributed by atoms with Gasteiger partial charge >= 0.3 is 0 Å². The minimum Gasteiger partial charge on any atom is -0.0989 e. The quantitative estimate of drug-likeness (QED) is 0.343. The van der Waals surface area contributed by atoms with Crippen molar-refractivity contribution in [1.82, 2.24) is 0 Å². The van der Waals surface area contributed by atoms with Crippen molar-refractivity contribution in [3.05, 3.63) is 88.0 Å². The zero-order valence-corrected chi connectivity index (χ0v) is 25.0. The number of aryl methyl sites for hydroxylation is 2. The average molecular weight is 505 g/mol. The predicted molar refractivity (Wildman–Crippen MR) is 164 cm³/mol. The van der Waals surface area contributed by atoms with E-state index in [2.05, 4.69) is 98.0 Å². The number of benzene rings is 2. The van der Waals surface area contributed by atoms with E-state index in [0.29, 0.717) is 28.6 Å². The highest BCUT2D eigenvalue weighted by molar-refractivity contribution is 5.80. The summed E-state index contributed by atoms with van der Waals surface area (Å²) in [6.07, 6.45) is 9.93. The SMILES string of the molecule is C=C1C(CC2=Cc3cccc(-c4cc(C)cc(C)c4CC4CC(CC)CC4(C)C)c3C2)C(=C)C2C1C2(C)C. The number of rotatable bonds is 6. The summed E-state index contributed by atoms with van der Waals surface area (Å²) in [5.41, 5.74) is 15.6. The molecule has 2 aromatic rings. The Balaban J connectivity index is 1.29. The number of fused-ring (bicyclic) bond motifs is 2.